The van der Waals surface area contributed by atoms with Crippen molar-refractivity contribution in [1.29, 1.82) is 0 Å². The van der Waals surface area contributed by atoms with Gasteiger partial charge in [-0.3, -0.25) is 14.9 Å². The molecule has 1 unspecified atom stereocenters. The molecule has 0 aliphatic heterocycles. The van der Waals surface area contributed by atoms with Gasteiger partial charge < -0.3 is 5.32 Å². The van der Waals surface area contributed by atoms with Crippen LogP contribution in [0.4, 0.5) is 5.69 Å². The molecule has 1 atom stereocenters. The Kier molecular flexibility index (Phi) is 4.07. The van der Waals surface area contributed by atoms with Crippen molar-refractivity contribution in [2.24, 2.45) is 0 Å². The van der Waals surface area contributed by atoms with Crippen molar-refractivity contribution in [3.63, 3.8) is 0 Å². The minimum atomic E-state index is -0.647. The fourth-order valence-electron chi connectivity index (χ4n) is 1.17. The normalized spacial score (nSPS) is 11.4. The summed E-state index contributed by atoms with van der Waals surface area (Å²) in [5.74, 6) is 1.67. The van der Waals surface area contributed by atoms with Gasteiger partial charge in [-0.1, -0.05) is 17.5 Å². The number of carbonyl (C=O) groups is 1. The summed E-state index contributed by atoms with van der Waals surface area (Å²) >= 11 is 5.69. The number of hydrogen-bond acceptors (Lipinski definition) is 3. The number of nitro benzene ring substituents is 1. The summed E-state index contributed by atoms with van der Waals surface area (Å²) in [5, 5.41) is 13.4. The van der Waals surface area contributed by atoms with Crippen molar-refractivity contribution in [3.05, 3.63) is 38.9 Å². The molecule has 0 bridgehead atoms. The summed E-state index contributed by atoms with van der Waals surface area (Å²) in [7, 11) is 0. The molecule has 1 aromatic carbocycles. The highest BCUT2D eigenvalue weighted by atomic mass is 35.5. The van der Waals surface area contributed by atoms with Gasteiger partial charge in [0, 0.05) is 11.1 Å². The molecule has 0 spiro atoms. The summed E-state index contributed by atoms with van der Waals surface area (Å²) in [4.78, 5) is 21.8. The predicted molar refractivity (Wildman–Crippen MR) is 63.9 cm³/mol. The molecule has 0 saturated carbocycles. The Labute approximate surface area is 103 Å². The molecule has 0 aliphatic rings. The summed E-state index contributed by atoms with van der Waals surface area (Å²) in [6, 6.07) is 3.25. The maximum Gasteiger partial charge on any atom is 0.282 e. The number of nitrogens with zero attached hydrogens (tertiary/aromatic N) is 1. The van der Waals surface area contributed by atoms with E-state index in [4.69, 9.17) is 18.0 Å². The maximum absolute atomic E-state index is 11.7. The lowest BCUT2D eigenvalue weighted by Gasteiger charge is -2.08. The lowest BCUT2D eigenvalue weighted by molar-refractivity contribution is -0.385. The number of nitrogens with one attached hydrogen (secondary N) is 1. The third-order valence-electron chi connectivity index (χ3n) is 2.00. The van der Waals surface area contributed by atoms with Crippen LogP contribution in [0, 0.1) is 22.5 Å². The quantitative estimate of drug-likeness (QED) is 0.508. The number of terminal acetylenes is 1. The van der Waals surface area contributed by atoms with Crippen LogP contribution in [0.15, 0.2) is 18.2 Å². The van der Waals surface area contributed by atoms with E-state index >= 15 is 0 Å². The first-order valence-corrected chi connectivity index (χ1v) is 5.04. The van der Waals surface area contributed by atoms with Crippen LogP contribution in [0.1, 0.15) is 17.3 Å². The Morgan fingerprint density at radius 3 is 2.82 bits per heavy atom. The molecule has 0 fully saturated rings. The van der Waals surface area contributed by atoms with Crippen LogP contribution in [0.2, 0.25) is 5.02 Å². The molecule has 17 heavy (non-hydrogen) atoms. The van der Waals surface area contributed by atoms with Gasteiger partial charge in [-0.05, 0) is 19.1 Å². The molecule has 0 saturated heterocycles. The van der Waals surface area contributed by atoms with E-state index in [1.165, 1.54) is 18.2 Å². The molecule has 6 heteroatoms. The second-order valence-electron chi connectivity index (χ2n) is 3.28. The van der Waals surface area contributed by atoms with E-state index in [1.54, 1.807) is 6.92 Å². The van der Waals surface area contributed by atoms with Crippen LogP contribution < -0.4 is 5.32 Å². The average molecular weight is 253 g/mol. The molecule has 0 radical (unpaired) electrons. The van der Waals surface area contributed by atoms with Crippen molar-refractivity contribution in [2.45, 2.75) is 13.0 Å². The Morgan fingerprint density at radius 2 is 2.29 bits per heavy atom. The first-order valence-electron chi connectivity index (χ1n) is 4.66. The predicted octanol–water partition coefficient (Wildman–Crippen LogP) is 2.00. The van der Waals surface area contributed by atoms with E-state index in [1.807, 2.05) is 0 Å². The minimum Gasteiger partial charge on any atom is -0.338 e. The molecule has 88 valence electrons. The molecule has 0 aliphatic carbocycles. The van der Waals surface area contributed by atoms with Crippen LogP contribution in [0.5, 0.6) is 0 Å². The van der Waals surface area contributed by atoms with E-state index in [2.05, 4.69) is 11.2 Å². The zero-order chi connectivity index (χ0) is 13.0. The molecule has 1 amide bonds. The summed E-state index contributed by atoms with van der Waals surface area (Å²) in [6.07, 6.45) is 5.10. The van der Waals surface area contributed by atoms with Crippen LogP contribution in [0.25, 0.3) is 0 Å². The van der Waals surface area contributed by atoms with Crippen LogP contribution >= 0.6 is 11.6 Å². The minimum absolute atomic E-state index is 0.107. The van der Waals surface area contributed by atoms with Gasteiger partial charge in [0.15, 0.2) is 0 Å². The number of benzene rings is 1. The van der Waals surface area contributed by atoms with Crippen molar-refractivity contribution >= 4 is 23.2 Å². The van der Waals surface area contributed by atoms with Crippen molar-refractivity contribution < 1.29 is 9.72 Å². The lowest BCUT2D eigenvalue weighted by Crippen LogP contribution is -2.31. The zero-order valence-electron chi connectivity index (χ0n) is 8.94. The second kappa shape index (κ2) is 5.32. The highest BCUT2D eigenvalue weighted by molar-refractivity contribution is 6.31. The highest BCUT2D eigenvalue weighted by Crippen LogP contribution is 2.22. The number of carbonyl (C=O) groups excluding carboxylic acids is 1. The zero-order valence-corrected chi connectivity index (χ0v) is 9.69. The molecule has 1 rings (SSSR count). The van der Waals surface area contributed by atoms with Crippen LogP contribution in [-0.4, -0.2) is 16.9 Å². The first kappa shape index (κ1) is 13.0. The van der Waals surface area contributed by atoms with Crippen molar-refractivity contribution in [2.75, 3.05) is 0 Å². The Hall–Kier alpha value is -2.06. The summed E-state index contributed by atoms with van der Waals surface area (Å²) in [5.41, 5.74) is -0.416. The second-order valence-corrected chi connectivity index (χ2v) is 3.72. The highest BCUT2D eigenvalue weighted by Gasteiger charge is 2.21. The molecule has 1 N–H and O–H groups in total. The van der Waals surface area contributed by atoms with Gasteiger partial charge >= 0.3 is 0 Å². The van der Waals surface area contributed by atoms with Crippen molar-refractivity contribution in [3.8, 4) is 12.3 Å². The summed E-state index contributed by atoms with van der Waals surface area (Å²) < 4.78 is 0. The van der Waals surface area contributed by atoms with Gasteiger partial charge in [0.1, 0.15) is 5.56 Å². The largest absolute Gasteiger partial charge is 0.338 e. The third-order valence-corrected chi connectivity index (χ3v) is 2.23. The van der Waals surface area contributed by atoms with Crippen LogP contribution in [-0.2, 0) is 0 Å². The first-order chi connectivity index (χ1) is 7.95. The standard InChI is InChI=1S/C11H9ClN2O3/c1-3-7(2)13-11(15)9-6-8(12)4-5-10(9)14(16)17/h1,4-7H,2H3,(H,13,15). The third kappa shape index (κ3) is 3.20. The Bertz CT molecular complexity index is 508. The van der Waals surface area contributed by atoms with Crippen molar-refractivity contribution in [1.82, 2.24) is 5.32 Å². The number of nitro groups is 1. The topological polar surface area (TPSA) is 72.2 Å². The van der Waals surface area contributed by atoms with Gasteiger partial charge in [0.05, 0.1) is 11.0 Å². The fraction of sp³-hybridized carbons (Fsp3) is 0.182. The maximum atomic E-state index is 11.7. The van der Waals surface area contributed by atoms with Gasteiger partial charge in [-0.15, -0.1) is 6.42 Å². The number of hydrogen-bond donors (Lipinski definition) is 1. The van der Waals surface area contributed by atoms with Gasteiger partial charge in [0.2, 0.25) is 0 Å². The molecular weight excluding hydrogens is 244 g/mol. The lowest BCUT2D eigenvalue weighted by atomic mass is 10.1. The van der Waals surface area contributed by atoms with E-state index in [9.17, 15) is 14.9 Å². The van der Waals surface area contributed by atoms with Gasteiger partial charge in [-0.25, -0.2) is 0 Å². The molecule has 0 heterocycles. The Balaban J connectivity index is 3.12. The van der Waals surface area contributed by atoms with Gasteiger partial charge in [-0.2, -0.15) is 0 Å². The molecule has 0 aromatic heterocycles. The number of amides is 1. The van der Waals surface area contributed by atoms with E-state index in [0.717, 1.165) is 0 Å². The van der Waals surface area contributed by atoms with Gasteiger partial charge in [0.25, 0.3) is 11.6 Å². The summed E-state index contributed by atoms with van der Waals surface area (Å²) in [6.45, 7) is 1.59. The number of halogens is 1. The average Bonchev–Trinajstić information content (AvgIpc) is 2.28. The molecular formula is C11H9ClN2O3. The number of rotatable bonds is 3. The Morgan fingerprint density at radius 1 is 1.65 bits per heavy atom. The van der Waals surface area contributed by atoms with E-state index < -0.39 is 16.9 Å². The van der Waals surface area contributed by atoms with Crippen LogP contribution in [0.3, 0.4) is 0 Å². The van der Waals surface area contributed by atoms with E-state index in [0.29, 0.717) is 0 Å². The molecule has 1 aromatic rings. The smallest absolute Gasteiger partial charge is 0.282 e. The molecule has 5 nitrogen and oxygen atoms in total. The SMILES string of the molecule is C#CC(C)NC(=O)c1cc(Cl)ccc1[N+](=O)[O-]. The fourth-order valence-corrected chi connectivity index (χ4v) is 1.34. The monoisotopic (exact) mass is 252 g/mol. The van der Waals surface area contributed by atoms with E-state index in [-0.39, 0.29) is 16.3 Å².